The van der Waals surface area contributed by atoms with E-state index in [9.17, 15) is 14.4 Å². The summed E-state index contributed by atoms with van der Waals surface area (Å²) in [6.45, 7) is 0.806. The Kier molecular flexibility index (Phi) is 5.31. The number of hydrogen-bond donors (Lipinski definition) is 0. The number of aromatic nitrogens is 1. The summed E-state index contributed by atoms with van der Waals surface area (Å²) in [4.78, 5) is 34.7. The molecule has 0 saturated heterocycles. The third kappa shape index (κ3) is 4.03. The van der Waals surface area contributed by atoms with Gasteiger partial charge in [0.15, 0.2) is 5.78 Å². The number of methoxy groups -OCH3 is 1. The van der Waals surface area contributed by atoms with E-state index in [1.54, 1.807) is 12.1 Å². The lowest BCUT2D eigenvalue weighted by atomic mass is 9.89. The Morgan fingerprint density at radius 1 is 1.24 bits per heavy atom. The summed E-state index contributed by atoms with van der Waals surface area (Å²) in [6.07, 6.45) is 7.60. The van der Waals surface area contributed by atoms with Crippen molar-refractivity contribution < 1.29 is 19.1 Å². The highest BCUT2D eigenvalue weighted by molar-refractivity contribution is 6.38. The maximum atomic E-state index is 12.1. The van der Waals surface area contributed by atoms with Crippen LogP contribution in [0.15, 0.2) is 18.3 Å². The van der Waals surface area contributed by atoms with E-state index in [4.69, 9.17) is 0 Å². The zero-order chi connectivity index (χ0) is 15.2. The SMILES string of the molecule is COC(=O)C(=O)CC(=O)c1cccn1CC1CCCCC1. The fourth-order valence-electron chi connectivity index (χ4n) is 2.90. The average molecular weight is 291 g/mol. The molecule has 0 atom stereocenters. The molecule has 5 nitrogen and oxygen atoms in total. The number of nitrogens with zero attached hydrogens (tertiary/aromatic N) is 1. The minimum Gasteiger partial charge on any atom is -0.463 e. The van der Waals surface area contributed by atoms with Gasteiger partial charge in [-0.25, -0.2) is 4.79 Å². The summed E-state index contributed by atoms with van der Waals surface area (Å²) in [5.41, 5.74) is 0.498. The van der Waals surface area contributed by atoms with Crippen LogP contribution in [0.25, 0.3) is 0 Å². The Morgan fingerprint density at radius 3 is 2.62 bits per heavy atom. The Hall–Kier alpha value is -1.91. The van der Waals surface area contributed by atoms with Crippen LogP contribution >= 0.6 is 0 Å². The van der Waals surface area contributed by atoms with E-state index in [0.29, 0.717) is 11.6 Å². The minimum atomic E-state index is -0.964. The average Bonchev–Trinajstić information content (AvgIpc) is 2.95. The Morgan fingerprint density at radius 2 is 1.95 bits per heavy atom. The third-order valence-electron chi connectivity index (χ3n) is 4.03. The molecule has 0 unspecified atom stereocenters. The molecule has 0 aromatic carbocycles. The van der Waals surface area contributed by atoms with Gasteiger partial charge >= 0.3 is 5.97 Å². The highest BCUT2D eigenvalue weighted by atomic mass is 16.5. The number of carbonyl (C=O) groups is 3. The number of Topliss-reactive ketones (excluding diaryl/α,β-unsaturated/α-hetero) is 2. The second-order valence-corrected chi connectivity index (χ2v) is 5.56. The van der Waals surface area contributed by atoms with Gasteiger partial charge in [-0.15, -0.1) is 0 Å². The van der Waals surface area contributed by atoms with Crippen LogP contribution in [0.1, 0.15) is 49.0 Å². The fraction of sp³-hybridized carbons (Fsp3) is 0.562. The van der Waals surface area contributed by atoms with Crippen LogP contribution < -0.4 is 0 Å². The maximum Gasteiger partial charge on any atom is 0.374 e. The lowest BCUT2D eigenvalue weighted by molar-refractivity contribution is -0.151. The molecule has 0 aliphatic heterocycles. The van der Waals surface area contributed by atoms with Gasteiger partial charge in [0.05, 0.1) is 19.2 Å². The van der Waals surface area contributed by atoms with Crippen LogP contribution in [0, 0.1) is 5.92 Å². The first-order valence-corrected chi connectivity index (χ1v) is 7.41. The number of carbonyl (C=O) groups excluding carboxylic acids is 3. The molecule has 21 heavy (non-hydrogen) atoms. The second kappa shape index (κ2) is 7.20. The van der Waals surface area contributed by atoms with Gasteiger partial charge in [-0.2, -0.15) is 0 Å². The Balaban J connectivity index is 2.00. The molecule has 1 aromatic rings. The molecule has 0 bridgehead atoms. The standard InChI is InChI=1S/C16H21NO4/c1-21-16(20)15(19)10-14(18)13-8-5-9-17(13)11-12-6-3-2-4-7-12/h5,8-9,12H,2-4,6-7,10-11H2,1H3. The van der Waals surface area contributed by atoms with Crippen molar-refractivity contribution in [3.05, 3.63) is 24.0 Å². The summed E-state index contributed by atoms with van der Waals surface area (Å²) in [5.74, 6) is -1.50. The van der Waals surface area contributed by atoms with Gasteiger partial charge in [0.2, 0.25) is 5.78 Å². The van der Waals surface area contributed by atoms with Crippen molar-refractivity contribution in [2.24, 2.45) is 5.92 Å². The Labute approximate surface area is 124 Å². The molecule has 0 spiro atoms. The highest BCUT2D eigenvalue weighted by Gasteiger charge is 2.22. The van der Waals surface area contributed by atoms with Crippen LogP contribution in [-0.2, 0) is 20.9 Å². The van der Waals surface area contributed by atoms with E-state index in [-0.39, 0.29) is 5.78 Å². The van der Waals surface area contributed by atoms with Crippen molar-refractivity contribution in [2.45, 2.75) is 45.1 Å². The molecular weight excluding hydrogens is 270 g/mol. The van der Waals surface area contributed by atoms with Crippen LogP contribution in [0.2, 0.25) is 0 Å². The van der Waals surface area contributed by atoms with Crippen LogP contribution in [0.5, 0.6) is 0 Å². The molecule has 0 N–H and O–H groups in total. The van der Waals surface area contributed by atoms with Crippen LogP contribution in [0.4, 0.5) is 0 Å². The first kappa shape index (κ1) is 15.5. The van der Waals surface area contributed by atoms with E-state index >= 15 is 0 Å². The molecule has 0 amide bonds. The highest BCUT2D eigenvalue weighted by Crippen LogP contribution is 2.25. The number of ether oxygens (including phenoxy) is 1. The van der Waals surface area contributed by atoms with Crippen LogP contribution in [0.3, 0.4) is 0 Å². The second-order valence-electron chi connectivity index (χ2n) is 5.56. The van der Waals surface area contributed by atoms with Crippen molar-refractivity contribution in [1.82, 2.24) is 4.57 Å². The maximum absolute atomic E-state index is 12.1. The van der Waals surface area contributed by atoms with Crippen LogP contribution in [-0.4, -0.2) is 29.2 Å². The molecule has 1 saturated carbocycles. The molecule has 1 aliphatic carbocycles. The summed E-state index contributed by atoms with van der Waals surface area (Å²) < 4.78 is 6.24. The van der Waals surface area contributed by atoms with Gasteiger partial charge in [0.25, 0.3) is 0 Å². The van der Waals surface area contributed by atoms with Crippen molar-refractivity contribution in [3.8, 4) is 0 Å². The number of esters is 1. The number of ketones is 2. The van der Waals surface area contributed by atoms with E-state index in [1.807, 2.05) is 10.8 Å². The normalized spacial score (nSPS) is 15.7. The van der Waals surface area contributed by atoms with Crippen molar-refractivity contribution in [1.29, 1.82) is 0 Å². The van der Waals surface area contributed by atoms with Crippen molar-refractivity contribution >= 4 is 17.5 Å². The van der Waals surface area contributed by atoms with Gasteiger partial charge in [-0.1, -0.05) is 19.3 Å². The molecule has 2 rings (SSSR count). The minimum absolute atomic E-state index is 0.328. The lowest BCUT2D eigenvalue weighted by Gasteiger charge is -2.22. The summed E-state index contributed by atoms with van der Waals surface area (Å²) in [7, 11) is 1.14. The van der Waals surface area contributed by atoms with Gasteiger partial charge < -0.3 is 9.30 Å². The predicted octanol–water partition coefficient (Wildman–Crippen LogP) is 2.38. The first-order chi connectivity index (χ1) is 10.1. The zero-order valence-electron chi connectivity index (χ0n) is 12.3. The van der Waals surface area contributed by atoms with E-state index in [2.05, 4.69) is 4.74 Å². The lowest BCUT2D eigenvalue weighted by Crippen LogP contribution is -2.22. The summed E-state index contributed by atoms with van der Waals surface area (Å²) in [5, 5.41) is 0. The molecule has 1 aromatic heterocycles. The third-order valence-corrected chi connectivity index (χ3v) is 4.03. The van der Waals surface area contributed by atoms with E-state index in [1.165, 1.54) is 32.1 Å². The van der Waals surface area contributed by atoms with E-state index < -0.39 is 18.2 Å². The molecule has 0 radical (unpaired) electrons. The Bertz CT molecular complexity index is 526. The van der Waals surface area contributed by atoms with Gasteiger partial charge in [0, 0.05) is 12.7 Å². The number of rotatable bonds is 6. The fourth-order valence-corrected chi connectivity index (χ4v) is 2.90. The van der Waals surface area contributed by atoms with E-state index in [0.717, 1.165) is 13.7 Å². The molecular formula is C16H21NO4. The smallest absolute Gasteiger partial charge is 0.374 e. The van der Waals surface area contributed by atoms with Gasteiger partial charge in [-0.3, -0.25) is 9.59 Å². The molecule has 1 fully saturated rings. The summed E-state index contributed by atoms with van der Waals surface area (Å²) >= 11 is 0. The first-order valence-electron chi connectivity index (χ1n) is 7.41. The van der Waals surface area contributed by atoms with Crippen molar-refractivity contribution in [2.75, 3.05) is 7.11 Å². The van der Waals surface area contributed by atoms with Crippen molar-refractivity contribution in [3.63, 3.8) is 0 Å². The monoisotopic (exact) mass is 291 g/mol. The van der Waals surface area contributed by atoms with Gasteiger partial charge in [0.1, 0.15) is 0 Å². The largest absolute Gasteiger partial charge is 0.463 e. The molecule has 1 aliphatic rings. The quantitative estimate of drug-likeness (QED) is 0.349. The van der Waals surface area contributed by atoms with Gasteiger partial charge in [-0.05, 0) is 30.9 Å². The number of hydrogen-bond acceptors (Lipinski definition) is 4. The topological polar surface area (TPSA) is 65.4 Å². The molecule has 114 valence electrons. The molecule has 1 heterocycles. The molecule has 5 heteroatoms. The zero-order valence-corrected chi connectivity index (χ0v) is 12.3. The summed E-state index contributed by atoms with van der Waals surface area (Å²) in [6, 6.07) is 3.51. The predicted molar refractivity (Wildman–Crippen MR) is 77.0 cm³/mol.